The average molecular weight is 425 g/mol. The van der Waals surface area contributed by atoms with Gasteiger partial charge in [0.25, 0.3) is 0 Å². The number of nitrogens with one attached hydrogen (secondary N) is 1. The van der Waals surface area contributed by atoms with Crippen molar-refractivity contribution >= 4 is 28.9 Å². The van der Waals surface area contributed by atoms with Gasteiger partial charge in [-0.15, -0.1) is 0 Å². The number of rotatable bonds is 5. The molecule has 3 heterocycles. The second kappa shape index (κ2) is 9.11. The first kappa shape index (κ1) is 20.1. The van der Waals surface area contributed by atoms with Crippen molar-refractivity contribution in [1.29, 1.82) is 0 Å². The number of anilines is 2. The molecule has 4 aromatic rings. The summed E-state index contributed by atoms with van der Waals surface area (Å²) in [5.74, 6) is 1.34. The van der Waals surface area contributed by atoms with Gasteiger partial charge in [-0.05, 0) is 24.6 Å². The van der Waals surface area contributed by atoms with E-state index in [1.54, 1.807) is 12.4 Å². The predicted molar refractivity (Wildman–Crippen MR) is 128 cm³/mol. The lowest BCUT2D eigenvalue weighted by Crippen LogP contribution is -2.37. The van der Waals surface area contributed by atoms with Crippen LogP contribution in [0.2, 0.25) is 0 Å². The van der Waals surface area contributed by atoms with Crippen LogP contribution in [0.15, 0.2) is 72.1 Å². The van der Waals surface area contributed by atoms with E-state index in [-0.39, 0.29) is 0 Å². The average Bonchev–Trinajstić information content (AvgIpc) is 2.85. The Kier molecular flexibility index (Phi) is 5.72. The van der Waals surface area contributed by atoms with Crippen LogP contribution in [-0.2, 0) is 4.74 Å². The smallest absolute Gasteiger partial charge is 0.228 e. The van der Waals surface area contributed by atoms with E-state index in [1.807, 2.05) is 42.6 Å². The summed E-state index contributed by atoms with van der Waals surface area (Å²) in [5, 5.41) is 5.38. The van der Waals surface area contributed by atoms with Gasteiger partial charge in [-0.25, -0.2) is 4.98 Å². The first-order valence-corrected chi connectivity index (χ1v) is 10.7. The van der Waals surface area contributed by atoms with Gasteiger partial charge >= 0.3 is 0 Å². The van der Waals surface area contributed by atoms with Gasteiger partial charge in [0.1, 0.15) is 0 Å². The first-order chi connectivity index (χ1) is 15.8. The summed E-state index contributed by atoms with van der Waals surface area (Å²) >= 11 is 0. The van der Waals surface area contributed by atoms with Crippen molar-refractivity contribution in [2.75, 3.05) is 36.6 Å². The molecule has 160 valence electrons. The van der Waals surface area contributed by atoms with Gasteiger partial charge in [0.05, 0.1) is 24.9 Å². The first-order valence-electron chi connectivity index (χ1n) is 10.7. The van der Waals surface area contributed by atoms with E-state index in [0.29, 0.717) is 25.0 Å². The monoisotopic (exact) mass is 424 g/mol. The number of ether oxygens (including phenoxy) is 1. The Labute approximate surface area is 186 Å². The maximum Gasteiger partial charge on any atom is 0.228 e. The Bertz CT molecular complexity index is 1250. The van der Waals surface area contributed by atoms with Crippen molar-refractivity contribution < 1.29 is 4.74 Å². The molecule has 32 heavy (non-hydrogen) atoms. The van der Waals surface area contributed by atoms with Gasteiger partial charge in [0.15, 0.2) is 5.82 Å². The molecule has 2 aromatic heterocycles. The molecule has 7 nitrogen and oxygen atoms in total. The molecule has 0 atom stereocenters. The third-order valence-corrected chi connectivity index (χ3v) is 5.41. The van der Waals surface area contributed by atoms with Crippen LogP contribution in [0.4, 0.5) is 11.8 Å². The number of hydrogen-bond donors (Lipinski definition) is 1. The highest BCUT2D eigenvalue weighted by Crippen LogP contribution is 2.32. The normalized spacial score (nSPS) is 14.2. The molecule has 1 N–H and O–H groups in total. The summed E-state index contributed by atoms with van der Waals surface area (Å²) < 4.78 is 5.51. The Morgan fingerprint density at radius 3 is 2.72 bits per heavy atom. The lowest BCUT2D eigenvalue weighted by Gasteiger charge is -2.27. The maximum absolute atomic E-state index is 5.51. The van der Waals surface area contributed by atoms with E-state index in [2.05, 4.69) is 45.5 Å². The highest BCUT2D eigenvalue weighted by Gasteiger charge is 2.18. The van der Waals surface area contributed by atoms with Crippen molar-refractivity contribution in [2.24, 2.45) is 5.10 Å². The van der Waals surface area contributed by atoms with E-state index in [0.717, 1.165) is 40.7 Å². The number of aromatic nitrogens is 3. The van der Waals surface area contributed by atoms with E-state index >= 15 is 0 Å². The summed E-state index contributed by atoms with van der Waals surface area (Å²) in [5.41, 5.74) is 8.27. The van der Waals surface area contributed by atoms with Crippen molar-refractivity contribution in [1.82, 2.24) is 15.0 Å². The Morgan fingerprint density at radius 2 is 1.91 bits per heavy atom. The largest absolute Gasteiger partial charge is 0.378 e. The highest BCUT2D eigenvalue weighted by atomic mass is 16.5. The highest BCUT2D eigenvalue weighted by molar-refractivity contribution is 6.00. The van der Waals surface area contributed by atoms with Crippen LogP contribution in [-0.4, -0.2) is 47.5 Å². The number of aryl methyl sites for hydroxylation is 1. The SMILES string of the molecule is Cc1cccc(C=NNc2nc(N3CCOCC3)nc3c(-c4cccnc4)cccc23)c1. The van der Waals surface area contributed by atoms with Crippen LogP contribution in [0.5, 0.6) is 0 Å². The zero-order chi connectivity index (χ0) is 21.8. The molecular formula is C25H24N6O. The molecule has 5 rings (SSSR count). The van der Waals surface area contributed by atoms with Gasteiger partial charge in [0.2, 0.25) is 5.95 Å². The van der Waals surface area contributed by atoms with Crippen molar-refractivity contribution in [3.63, 3.8) is 0 Å². The van der Waals surface area contributed by atoms with Crippen LogP contribution in [0.1, 0.15) is 11.1 Å². The summed E-state index contributed by atoms with van der Waals surface area (Å²) in [7, 11) is 0. The second-order valence-corrected chi connectivity index (χ2v) is 7.70. The standard InChI is InChI=1S/C25H24N6O/c1-18-5-2-6-19(15-18)16-27-30-24-22-9-3-8-21(20-7-4-10-26-17-20)23(22)28-25(29-24)31-11-13-32-14-12-31/h2-10,15-17H,11-14H2,1H3,(H,28,29,30). The fourth-order valence-electron chi connectivity index (χ4n) is 3.80. The van der Waals surface area contributed by atoms with Crippen LogP contribution in [0, 0.1) is 6.92 Å². The van der Waals surface area contributed by atoms with Gasteiger partial charge < -0.3 is 9.64 Å². The molecular weight excluding hydrogens is 400 g/mol. The third-order valence-electron chi connectivity index (χ3n) is 5.41. The fourth-order valence-corrected chi connectivity index (χ4v) is 3.80. The van der Waals surface area contributed by atoms with Crippen molar-refractivity contribution in [2.45, 2.75) is 6.92 Å². The van der Waals surface area contributed by atoms with Crippen molar-refractivity contribution in [3.05, 3.63) is 78.1 Å². The lowest BCUT2D eigenvalue weighted by atomic mass is 10.0. The molecule has 0 unspecified atom stereocenters. The number of benzene rings is 2. The van der Waals surface area contributed by atoms with Crippen LogP contribution in [0.3, 0.4) is 0 Å². The summed E-state index contributed by atoms with van der Waals surface area (Å²) in [6.07, 6.45) is 5.43. The molecule has 0 radical (unpaired) electrons. The predicted octanol–water partition coefficient (Wildman–Crippen LogP) is 4.28. The second-order valence-electron chi connectivity index (χ2n) is 7.70. The topological polar surface area (TPSA) is 75.5 Å². The number of morpholine rings is 1. The number of para-hydroxylation sites is 1. The molecule has 0 amide bonds. The zero-order valence-electron chi connectivity index (χ0n) is 17.9. The summed E-state index contributed by atoms with van der Waals surface area (Å²) in [4.78, 5) is 16.2. The van der Waals surface area contributed by atoms with E-state index in [4.69, 9.17) is 14.7 Å². The molecule has 0 saturated carbocycles. The van der Waals surface area contributed by atoms with Gasteiger partial charge in [-0.2, -0.15) is 10.1 Å². The molecule has 0 aliphatic carbocycles. The van der Waals surface area contributed by atoms with Gasteiger partial charge in [0, 0.05) is 42.0 Å². The number of hydrogen-bond acceptors (Lipinski definition) is 7. The molecule has 1 saturated heterocycles. The number of hydrazone groups is 1. The molecule has 7 heteroatoms. The summed E-state index contributed by atoms with van der Waals surface area (Å²) in [6, 6.07) is 18.3. The van der Waals surface area contributed by atoms with Crippen LogP contribution < -0.4 is 10.3 Å². The van der Waals surface area contributed by atoms with E-state index < -0.39 is 0 Å². The van der Waals surface area contributed by atoms with E-state index in [1.165, 1.54) is 5.56 Å². The lowest BCUT2D eigenvalue weighted by molar-refractivity contribution is 0.122. The Hall–Kier alpha value is -3.84. The van der Waals surface area contributed by atoms with Gasteiger partial charge in [-0.1, -0.05) is 48.0 Å². The van der Waals surface area contributed by atoms with Gasteiger partial charge in [-0.3, -0.25) is 10.4 Å². The van der Waals surface area contributed by atoms with Crippen molar-refractivity contribution in [3.8, 4) is 11.1 Å². The number of nitrogens with zero attached hydrogens (tertiary/aromatic N) is 5. The molecule has 0 bridgehead atoms. The molecule has 2 aromatic carbocycles. The fraction of sp³-hybridized carbons (Fsp3) is 0.200. The maximum atomic E-state index is 5.51. The van der Waals surface area contributed by atoms with Crippen LogP contribution >= 0.6 is 0 Å². The summed E-state index contributed by atoms with van der Waals surface area (Å²) in [6.45, 7) is 4.91. The minimum atomic E-state index is 0.667. The molecule has 1 aliphatic heterocycles. The third kappa shape index (κ3) is 4.29. The number of fused-ring (bicyclic) bond motifs is 1. The number of pyridine rings is 1. The van der Waals surface area contributed by atoms with E-state index in [9.17, 15) is 0 Å². The molecule has 1 fully saturated rings. The Balaban J connectivity index is 1.58. The Morgan fingerprint density at radius 1 is 1.03 bits per heavy atom. The minimum Gasteiger partial charge on any atom is -0.378 e. The molecule has 1 aliphatic rings. The minimum absolute atomic E-state index is 0.667. The molecule has 0 spiro atoms. The zero-order valence-corrected chi connectivity index (χ0v) is 17.9. The van der Waals surface area contributed by atoms with Crippen LogP contribution in [0.25, 0.3) is 22.0 Å². The quantitative estimate of drug-likeness (QED) is 0.381.